The van der Waals surface area contributed by atoms with Crippen molar-refractivity contribution in [1.82, 2.24) is 24.8 Å². The molecule has 0 radical (unpaired) electrons. The number of aromatic nitrogens is 3. The first-order valence-electron chi connectivity index (χ1n) is 16.7. The van der Waals surface area contributed by atoms with E-state index in [0.29, 0.717) is 40.9 Å². The molecule has 3 fully saturated rings. The number of likely N-dealkylation sites (N-methyl/N-ethyl adjacent to an activating group) is 1. The maximum Gasteiger partial charge on any atom is 0.319 e. The second-order valence-electron chi connectivity index (χ2n) is 13.1. The van der Waals surface area contributed by atoms with Gasteiger partial charge < -0.3 is 24.4 Å². The van der Waals surface area contributed by atoms with Gasteiger partial charge in [0.05, 0.1) is 16.5 Å². The molecule has 1 N–H and O–H groups in total. The van der Waals surface area contributed by atoms with Gasteiger partial charge in [0.1, 0.15) is 35.2 Å². The number of nitrogens with zero attached hydrogens (tertiary/aromatic N) is 5. The maximum absolute atomic E-state index is 17.0. The van der Waals surface area contributed by atoms with Crippen LogP contribution in [0.3, 0.4) is 0 Å². The second-order valence-corrected chi connectivity index (χ2v) is 13.1. The number of hydrogen-bond donors (Lipinski definition) is 1. The minimum Gasteiger partial charge on any atom is -0.468 e. The van der Waals surface area contributed by atoms with Crippen molar-refractivity contribution in [2.45, 2.75) is 56.0 Å². The molecular weight excluding hydrogens is 602 g/mol. The summed E-state index contributed by atoms with van der Waals surface area (Å²) >= 11 is 0. The number of anilines is 1. The predicted molar refractivity (Wildman–Crippen MR) is 178 cm³/mol. The highest BCUT2D eigenvalue weighted by Crippen LogP contribution is 2.41. The number of fused-ring (bicyclic) bond motifs is 3. The molecule has 7 rings (SSSR count). The topological polar surface area (TPSA) is 84.9 Å². The van der Waals surface area contributed by atoms with Crippen LogP contribution in [0, 0.1) is 24.0 Å². The van der Waals surface area contributed by atoms with Crippen LogP contribution in [0.15, 0.2) is 30.5 Å². The molecule has 1 aliphatic carbocycles. The van der Waals surface area contributed by atoms with Crippen molar-refractivity contribution in [3.8, 4) is 35.4 Å². The molecule has 2 aromatic carbocycles. The highest BCUT2D eigenvalue weighted by Gasteiger charge is 2.45. The lowest BCUT2D eigenvalue weighted by Crippen LogP contribution is -2.54. The van der Waals surface area contributed by atoms with Gasteiger partial charge in [0.25, 0.3) is 0 Å². The van der Waals surface area contributed by atoms with Crippen LogP contribution in [0.1, 0.15) is 51.9 Å². The van der Waals surface area contributed by atoms with Crippen LogP contribution in [0.4, 0.5) is 14.6 Å². The van der Waals surface area contributed by atoms with Crippen molar-refractivity contribution in [3.63, 3.8) is 0 Å². The van der Waals surface area contributed by atoms with E-state index in [1.807, 2.05) is 0 Å². The van der Waals surface area contributed by atoms with Gasteiger partial charge in [-0.05, 0) is 95.7 Å². The third-order valence-electron chi connectivity index (χ3n) is 10.3. The number of terminal acetylenes is 1. The molecule has 2 atom stereocenters. The number of hydrogen-bond acceptors (Lipinski definition) is 9. The highest BCUT2D eigenvalue weighted by atomic mass is 19.1. The molecule has 246 valence electrons. The summed E-state index contributed by atoms with van der Waals surface area (Å²) in [5.74, 6) is 1.91. The number of benzene rings is 2. The van der Waals surface area contributed by atoms with Gasteiger partial charge in [-0.1, -0.05) is 12.0 Å². The lowest BCUT2D eigenvalue weighted by Gasteiger charge is -2.47. The van der Waals surface area contributed by atoms with E-state index in [1.165, 1.54) is 19.4 Å². The van der Waals surface area contributed by atoms with Gasteiger partial charge in [0.15, 0.2) is 12.6 Å². The summed E-state index contributed by atoms with van der Waals surface area (Å²) in [5.41, 5.74) is -0.0907. The van der Waals surface area contributed by atoms with E-state index >= 15 is 8.78 Å². The Morgan fingerprint density at radius 1 is 1.11 bits per heavy atom. The van der Waals surface area contributed by atoms with Crippen molar-refractivity contribution in [1.29, 1.82) is 0 Å². The first-order valence-corrected chi connectivity index (χ1v) is 16.1. The molecule has 2 aliphatic heterocycles. The normalized spacial score (nSPS) is 22.2. The van der Waals surface area contributed by atoms with Crippen LogP contribution >= 0.6 is 0 Å². The van der Waals surface area contributed by atoms with Gasteiger partial charge >= 0.3 is 6.01 Å². The zero-order valence-electron chi connectivity index (χ0n) is 28.0. The number of rotatable bonds is 11. The van der Waals surface area contributed by atoms with Crippen molar-refractivity contribution in [3.05, 3.63) is 47.7 Å². The smallest absolute Gasteiger partial charge is 0.319 e. The van der Waals surface area contributed by atoms with Crippen molar-refractivity contribution in [2.24, 2.45) is 0 Å². The summed E-state index contributed by atoms with van der Waals surface area (Å²) in [6.45, 7) is 1.47. The molecule has 47 heavy (non-hydrogen) atoms. The molecule has 0 unspecified atom stereocenters. The molecule has 9 nitrogen and oxygen atoms in total. The summed E-state index contributed by atoms with van der Waals surface area (Å²) in [7, 11) is 5.63. The fourth-order valence-electron chi connectivity index (χ4n) is 7.42. The van der Waals surface area contributed by atoms with E-state index in [1.54, 1.807) is 18.2 Å². The van der Waals surface area contributed by atoms with Crippen LogP contribution in [0.25, 0.3) is 32.9 Å². The van der Waals surface area contributed by atoms with E-state index in [2.05, 4.69) is 45.1 Å². The van der Waals surface area contributed by atoms with Crippen LogP contribution in [-0.4, -0.2) is 90.0 Å². The number of nitrogens with one attached hydrogen (secondary N) is 1. The van der Waals surface area contributed by atoms with E-state index in [9.17, 15) is 0 Å². The average Bonchev–Trinajstić information content (AvgIpc) is 3.62. The Kier molecular flexibility index (Phi) is 8.03. The zero-order chi connectivity index (χ0) is 33.6. The third-order valence-corrected chi connectivity index (χ3v) is 10.3. The standard InChI is InChI=1S/C36H40F2N6O3/c1-5-25-28(37)10-9-23-17-24(47-22-45-4)18-26(29(23)25)31-30(38)32-27(19-39-31)33(40-20-35(43(2)3)11-6-12-35)42-34(41-32)46-21-36-13-7-15-44(36)16-8-14-36/h1,9-10,17-19H,6-8,11-16,20-22H2,2-4H3,(H,40,41,42)/i15D/t15-,36+/m1/s1. The Morgan fingerprint density at radius 3 is 2.68 bits per heavy atom. The van der Waals surface area contributed by atoms with Crippen molar-refractivity contribution >= 4 is 27.5 Å². The van der Waals surface area contributed by atoms with Gasteiger partial charge in [-0.25, -0.2) is 8.78 Å². The monoisotopic (exact) mass is 643 g/mol. The van der Waals surface area contributed by atoms with Gasteiger partial charge in [0, 0.05) is 37.7 Å². The summed E-state index contributed by atoms with van der Waals surface area (Å²) in [6, 6.07) is 6.17. The van der Waals surface area contributed by atoms with Gasteiger partial charge in [0.2, 0.25) is 0 Å². The molecule has 0 spiro atoms. The minimum absolute atomic E-state index is 0.00438. The number of halogens is 2. The Morgan fingerprint density at radius 2 is 1.94 bits per heavy atom. The zero-order valence-corrected chi connectivity index (χ0v) is 27.0. The van der Waals surface area contributed by atoms with Crippen LogP contribution in [-0.2, 0) is 4.74 Å². The van der Waals surface area contributed by atoms with Crippen LogP contribution < -0.4 is 14.8 Å². The SMILES string of the molecule is [2H][C@@H]1CC[C@@]2(COc3nc(NCC4(N(C)C)CCC4)c4cnc(-c5cc(OCOC)cc6ccc(F)c(C#C)c56)c(F)c4n3)CCCN12. The Labute approximate surface area is 275 Å². The fourth-order valence-corrected chi connectivity index (χ4v) is 7.42. The Bertz CT molecular complexity index is 1920. The van der Waals surface area contributed by atoms with E-state index in [-0.39, 0.29) is 52.7 Å². The third kappa shape index (κ3) is 5.52. The predicted octanol–water partition coefficient (Wildman–Crippen LogP) is 5.99. The quantitative estimate of drug-likeness (QED) is 0.157. The van der Waals surface area contributed by atoms with E-state index < -0.39 is 11.6 Å². The average molecular weight is 644 g/mol. The molecular formula is C36H40F2N6O3. The Hall–Kier alpha value is -4.11. The Balaban J connectivity index is 1.35. The molecule has 3 aliphatic rings. The number of pyridine rings is 1. The maximum atomic E-state index is 17.0. The highest BCUT2D eigenvalue weighted by molar-refractivity contribution is 6.03. The molecule has 4 aromatic rings. The number of methoxy groups -OCH3 is 1. The van der Waals surface area contributed by atoms with Gasteiger partial charge in [-0.15, -0.1) is 6.42 Å². The van der Waals surface area contributed by atoms with E-state index in [0.717, 1.165) is 51.5 Å². The van der Waals surface area contributed by atoms with Gasteiger partial charge in [-0.2, -0.15) is 9.97 Å². The van der Waals surface area contributed by atoms with E-state index in [4.69, 9.17) is 27.0 Å². The minimum atomic E-state index is -0.723. The first-order chi connectivity index (χ1) is 23.2. The first kappa shape index (κ1) is 30.2. The molecule has 2 saturated heterocycles. The van der Waals surface area contributed by atoms with Crippen molar-refractivity contribution < 1.29 is 24.4 Å². The molecule has 4 heterocycles. The summed E-state index contributed by atoms with van der Waals surface area (Å²) in [6.07, 6.45) is 14.1. The van der Waals surface area contributed by atoms with Crippen LogP contribution in [0.2, 0.25) is 0 Å². The second kappa shape index (κ2) is 12.5. The molecule has 2 aromatic heterocycles. The molecule has 11 heteroatoms. The molecule has 1 saturated carbocycles. The lowest BCUT2D eigenvalue weighted by atomic mass is 9.75. The summed E-state index contributed by atoms with van der Waals surface area (Å²) in [4.78, 5) is 18.4. The molecule has 0 amide bonds. The van der Waals surface area contributed by atoms with Gasteiger partial charge in [-0.3, -0.25) is 9.88 Å². The summed E-state index contributed by atoms with van der Waals surface area (Å²) in [5, 5.41) is 4.76. The van der Waals surface area contributed by atoms with Crippen molar-refractivity contribution in [2.75, 3.05) is 59.5 Å². The number of ether oxygens (including phenoxy) is 3. The largest absolute Gasteiger partial charge is 0.468 e. The fraction of sp³-hybridized carbons (Fsp3) is 0.472. The summed E-state index contributed by atoms with van der Waals surface area (Å²) < 4.78 is 57.6. The molecule has 0 bridgehead atoms. The lowest BCUT2D eigenvalue weighted by molar-refractivity contribution is 0.0512. The van der Waals surface area contributed by atoms with Crippen LogP contribution in [0.5, 0.6) is 11.8 Å².